The van der Waals surface area contributed by atoms with Crippen LogP contribution in [0.15, 0.2) is 41.0 Å². The van der Waals surface area contributed by atoms with Gasteiger partial charge in [-0.15, -0.1) is 0 Å². The van der Waals surface area contributed by atoms with Crippen LogP contribution in [0.1, 0.15) is 21.7 Å². The summed E-state index contributed by atoms with van der Waals surface area (Å²) in [5.41, 5.74) is 2.03. The van der Waals surface area contributed by atoms with Gasteiger partial charge in [-0.2, -0.15) is 0 Å². The van der Waals surface area contributed by atoms with E-state index in [0.717, 1.165) is 5.56 Å². The topological polar surface area (TPSA) is 68.5 Å². The summed E-state index contributed by atoms with van der Waals surface area (Å²) < 4.78 is 9.92. The summed E-state index contributed by atoms with van der Waals surface area (Å²) in [4.78, 5) is 23.3. The monoisotopic (exact) mass is 273 g/mol. The summed E-state index contributed by atoms with van der Waals surface area (Å²) in [7, 11) is 0. The molecular weight excluding hydrogens is 258 g/mol. The summed E-state index contributed by atoms with van der Waals surface area (Å²) in [6, 6.07) is 8.88. The van der Waals surface area contributed by atoms with Crippen molar-refractivity contribution in [1.82, 2.24) is 0 Å². The molecule has 0 unspecified atom stereocenters. The Morgan fingerprint density at radius 1 is 1.25 bits per heavy atom. The Kier molecular flexibility index (Phi) is 4.20. The van der Waals surface area contributed by atoms with Crippen LogP contribution in [0.25, 0.3) is 0 Å². The highest BCUT2D eigenvalue weighted by Crippen LogP contribution is 2.11. The van der Waals surface area contributed by atoms with Gasteiger partial charge < -0.3 is 14.5 Å². The maximum Gasteiger partial charge on any atom is 0.342 e. The molecule has 2 aromatic rings. The van der Waals surface area contributed by atoms with Gasteiger partial charge in [0.2, 0.25) is 0 Å². The molecule has 1 amide bonds. The van der Waals surface area contributed by atoms with E-state index in [-0.39, 0.29) is 12.5 Å². The zero-order valence-corrected chi connectivity index (χ0v) is 11.3. The number of esters is 1. The quantitative estimate of drug-likeness (QED) is 0.870. The second-order valence-electron chi connectivity index (χ2n) is 4.38. The Balaban J connectivity index is 1.87. The molecule has 1 aromatic carbocycles. The van der Waals surface area contributed by atoms with E-state index in [4.69, 9.17) is 9.15 Å². The first kappa shape index (κ1) is 13.9. The molecule has 1 N–H and O–H groups in total. The highest BCUT2D eigenvalue weighted by molar-refractivity contribution is 5.95. The Bertz CT molecular complexity index is 630. The fourth-order valence-corrected chi connectivity index (χ4v) is 1.73. The summed E-state index contributed by atoms with van der Waals surface area (Å²) in [6.07, 6.45) is 1.40. The number of aryl methyl sites for hydroxylation is 2. The molecule has 1 heterocycles. The number of benzene rings is 1. The largest absolute Gasteiger partial charge is 0.469 e. The predicted molar refractivity (Wildman–Crippen MR) is 73.5 cm³/mol. The highest BCUT2D eigenvalue weighted by atomic mass is 16.5. The van der Waals surface area contributed by atoms with Gasteiger partial charge in [-0.3, -0.25) is 4.79 Å². The third-order valence-electron chi connectivity index (χ3n) is 2.71. The van der Waals surface area contributed by atoms with Gasteiger partial charge in [0.15, 0.2) is 6.61 Å². The van der Waals surface area contributed by atoms with E-state index < -0.39 is 5.97 Å². The molecule has 0 aliphatic heterocycles. The van der Waals surface area contributed by atoms with Crippen molar-refractivity contribution in [3.63, 3.8) is 0 Å². The van der Waals surface area contributed by atoms with Crippen molar-refractivity contribution < 1.29 is 18.7 Å². The molecule has 0 radical (unpaired) electrons. The molecule has 5 heteroatoms. The first-order valence-electron chi connectivity index (χ1n) is 6.14. The van der Waals surface area contributed by atoms with Gasteiger partial charge in [-0.1, -0.05) is 12.1 Å². The van der Waals surface area contributed by atoms with Crippen LogP contribution in [0, 0.1) is 13.8 Å². The third-order valence-corrected chi connectivity index (χ3v) is 2.71. The van der Waals surface area contributed by atoms with Crippen LogP contribution in [0.5, 0.6) is 0 Å². The van der Waals surface area contributed by atoms with Crippen LogP contribution in [0.3, 0.4) is 0 Å². The first-order valence-corrected chi connectivity index (χ1v) is 6.14. The Labute approximate surface area is 116 Å². The lowest BCUT2D eigenvalue weighted by atomic mass is 10.2. The Hall–Kier alpha value is -2.56. The molecule has 0 aliphatic carbocycles. The minimum Gasteiger partial charge on any atom is -0.469 e. The second kappa shape index (κ2) is 6.06. The Morgan fingerprint density at radius 2 is 2.05 bits per heavy atom. The molecule has 1 aromatic heterocycles. The van der Waals surface area contributed by atoms with Crippen LogP contribution in [-0.2, 0) is 9.53 Å². The minimum absolute atomic E-state index is 0.327. The highest BCUT2D eigenvalue weighted by Gasteiger charge is 2.14. The molecule has 0 atom stereocenters. The lowest BCUT2D eigenvalue weighted by molar-refractivity contribution is -0.119. The zero-order valence-electron chi connectivity index (χ0n) is 11.3. The molecule has 0 aliphatic rings. The molecular formula is C15H15NO4. The lowest BCUT2D eigenvalue weighted by Crippen LogP contribution is -2.21. The number of furan rings is 1. The molecule has 0 fully saturated rings. The maximum atomic E-state index is 11.7. The van der Waals surface area contributed by atoms with Gasteiger partial charge in [0.05, 0.1) is 6.26 Å². The van der Waals surface area contributed by atoms with Crippen LogP contribution in [0.4, 0.5) is 5.69 Å². The maximum absolute atomic E-state index is 11.7. The molecule has 0 saturated heterocycles. The average Bonchev–Trinajstić information content (AvgIpc) is 2.82. The van der Waals surface area contributed by atoms with E-state index in [0.29, 0.717) is 17.0 Å². The van der Waals surface area contributed by atoms with E-state index in [2.05, 4.69) is 5.32 Å². The fourth-order valence-electron chi connectivity index (χ4n) is 1.73. The van der Waals surface area contributed by atoms with Crippen LogP contribution in [0.2, 0.25) is 0 Å². The smallest absolute Gasteiger partial charge is 0.342 e. The minimum atomic E-state index is -0.573. The van der Waals surface area contributed by atoms with Crippen molar-refractivity contribution in [2.45, 2.75) is 13.8 Å². The zero-order chi connectivity index (χ0) is 14.5. The van der Waals surface area contributed by atoms with E-state index >= 15 is 0 Å². The molecule has 2 rings (SSSR count). The van der Waals surface area contributed by atoms with Crippen molar-refractivity contribution >= 4 is 17.6 Å². The van der Waals surface area contributed by atoms with Crippen LogP contribution < -0.4 is 5.32 Å². The van der Waals surface area contributed by atoms with E-state index in [1.807, 2.05) is 25.1 Å². The van der Waals surface area contributed by atoms with Gasteiger partial charge in [0.1, 0.15) is 11.3 Å². The van der Waals surface area contributed by atoms with Gasteiger partial charge in [-0.05, 0) is 37.6 Å². The van der Waals surface area contributed by atoms with Gasteiger partial charge in [0.25, 0.3) is 5.91 Å². The normalized spacial score (nSPS) is 10.1. The average molecular weight is 273 g/mol. The predicted octanol–water partition coefficient (Wildman–Crippen LogP) is 2.69. The number of anilines is 1. The van der Waals surface area contributed by atoms with Crippen LogP contribution >= 0.6 is 0 Å². The third kappa shape index (κ3) is 3.47. The Morgan fingerprint density at radius 3 is 2.70 bits per heavy atom. The summed E-state index contributed by atoms with van der Waals surface area (Å²) >= 11 is 0. The molecule has 0 saturated carbocycles. The van der Waals surface area contributed by atoms with Crippen LogP contribution in [-0.4, -0.2) is 18.5 Å². The van der Waals surface area contributed by atoms with Crippen molar-refractivity contribution in [3.05, 3.63) is 53.5 Å². The summed E-state index contributed by atoms with van der Waals surface area (Å²) in [5, 5.41) is 2.66. The number of amides is 1. The number of hydrogen-bond acceptors (Lipinski definition) is 4. The molecule has 0 bridgehead atoms. The van der Waals surface area contributed by atoms with Crippen molar-refractivity contribution in [2.75, 3.05) is 11.9 Å². The van der Waals surface area contributed by atoms with Gasteiger partial charge in [0, 0.05) is 5.69 Å². The molecule has 0 spiro atoms. The number of nitrogens with one attached hydrogen (secondary N) is 1. The lowest BCUT2D eigenvalue weighted by Gasteiger charge is -2.06. The molecule has 5 nitrogen and oxygen atoms in total. The fraction of sp³-hybridized carbons (Fsp3) is 0.200. The number of carbonyl (C=O) groups is 2. The number of ether oxygens (including phenoxy) is 1. The van der Waals surface area contributed by atoms with Crippen molar-refractivity contribution in [3.8, 4) is 0 Å². The second-order valence-corrected chi connectivity index (χ2v) is 4.38. The molecule has 104 valence electrons. The van der Waals surface area contributed by atoms with Gasteiger partial charge >= 0.3 is 5.97 Å². The summed E-state index contributed by atoms with van der Waals surface area (Å²) in [6.45, 7) is 3.25. The standard InChI is InChI=1S/C15H15NO4/c1-10-4-3-5-12(8-10)16-14(17)9-20-15(18)13-6-7-19-11(13)2/h3-8H,9H2,1-2H3,(H,16,17). The van der Waals surface area contributed by atoms with Gasteiger partial charge in [-0.25, -0.2) is 4.79 Å². The summed E-state index contributed by atoms with van der Waals surface area (Å²) in [5.74, 6) is -0.491. The van der Waals surface area contributed by atoms with Crippen molar-refractivity contribution in [1.29, 1.82) is 0 Å². The van der Waals surface area contributed by atoms with E-state index in [9.17, 15) is 9.59 Å². The van der Waals surface area contributed by atoms with Crippen molar-refractivity contribution in [2.24, 2.45) is 0 Å². The first-order chi connectivity index (χ1) is 9.56. The number of carbonyl (C=O) groups excluding carboxylic acids is 2. The van der Waals surface area contributed by atoms with E-state index in [1.54, 1.807) is 13.0 Å². The molecule has 20 heavy (non-hydrogen) atoms. The number of rotatable bonds is 4. The number of hydrogen-bond donors (Lipinski definition) is 1. The van der Waals surface area contributed by atoms with E-state index in [1.165, 1.54) is 12.3 Å². The SMILES string of the molecule is Cc1cccc(NC(=O)COC(=O)c2ccoc2C)c1.